The molecule has 0 saturated heterocycles. The molecule has 0 saturated carbocycles. The largest absolute Gasteiger partial charge is 0.478 e. The lowest BCUT2D eigenvalue weighted by molar-refractivity contribution is 0.0697. The van der Waals surface area contributed by atoms with Gasteiger partial charge in [-0.3, -0.25) is 4.98 Å². The summed E-state index contributed by atoms with van der Waals surface area (Å²) in [6.07, 6.45) is 8.21. The van der Waals surface area contributed by atoms with Crippen LogP contribution in [0.2, 0.25) is 0 Å². The average Bonchev–Trinajstić information content (AvgIpc) is 2.77. The first kappa shape index (κ1) is 11.3. The fourth-order valence-electron chi connectivity index (χ4n) is 1.72. The zero-order chi connectivity index (χ0) is 12.3. The molecule has 0 aliphatic heterocycles. The molecule has 0 atom stereocenters. The molecule has 0 amide bonds. The van der Waals surface area contributed by atoms with Crippen LogP contribution in [-0.4, -0.2) is 25.6 Å². The van der Waals surface area contributed by atoms with Crippen molar-refractivity contribution in [1.82, 2.24) is 14.5 Å². The van der Waals surface area contributed by atoms with E-state index in [9.17, 15) is 4.79 Å². The van der Waals surface area contributed by atoms with Crippen molar-refractivity contribution >= 4 is 5.97 Å². The summed E-state index contributed by atoms with van der Waals surface area (Å²) in [6.45, 7) is 2.06. The lowest BCUT2D eigenvalue weighted by atomic mass is 10.2. The Bertz CT molecular complexity index is 534. The molecule has 0 bridgehead atoms. The summed E-state index contributed by atoms with van der Waals surface area (Å²) in [5.74, 6) is -0.110. The van der Waals surface area contributed by atoms with Crippen molar-refractivity contribution in [2.45, 2.75) is 19.8 Å². The molecule has 2 aromatic rings. The number of imidazole rings is 1. The van der Waals surface area contributed by atoms with Gasteiger partial charge in [0.2, 0.25) is 0 Å². The maximum atomic E-state index is 11.1. The molecule has 0 unspecified atom stereocenters. The number of nitrogens with zero attached hydrogens (tertiary/aromatic N) is 3. The van der Waals surface area contributed by atoms with Crippen LogP contribution < -0.4 is 0 Å². The van der Waals surface area contributed by atoms with Crippen LogP contribution in [0.5, 0.6) is 0 Å². The van der Waals surface area contributed by atoms with Crippen molar-refractivity contribution in [3.05, 3.63) is 42.2 Å². The number of aromatic carboxylic acids is 1. The molecule has 2 aromatic heterocycles. The highest BCUT2D eigenvalue weighted by atomic mass is 16.4. The second kappa shape index (κ2) is 4.78. The molecule has 0 radical (unpaired) electrons. The molecule has 0 fully saturated rings. The zero-order valence-corrected chi connectivity index (χ0v) is 9.50. The van der Waals surface area contributed by atoms with Crippen molar-refractivity contribution in [2.24, 2.45) is 0 Å². The zero-order valence-electron chi connectivity index (χ0n) is 9.50. The van der Waals surface area contributed by atoms with Gasteiger partial charge in [0.15, 0.2) is 0 Å². The van der Waals surface area contributed by atoms with Gasteiger partial charge in [0, 0.05) is 25.0 Å². The third-order valence-corrected chi connectivity index (χ3v) is 2.48. The van der Waals surface area contributed by atoms with E-state index in [-0.39, 0.29) is 5.56 Å². The third kappa shape index (κ3) is 2.18. The van der Waals surface area contributed by atoms with Gasteiger partial charge in [0.1, 0.15) is 5.82 Å². The lowest BCUT2D eigenvalue weighted by Gasteiger charge is -2.09. The predicted octanol–water partition coefficient (Wildman–Crippen LogP) is 1.92. The monoisotopic (exact) mass is 231 g/mol. The van der Waals surface area contributed by atoms with Crippen LogP contribution in [0.1, 0.15) is 29.5 Å². The van der Waals surface area contributed by atoms with Crippen LogP contribution in [0, 0.1) is 0 Å². The summed E-state index contributed by atoms with van der Waals surface area (Å²) in [5.41, 5.74) is 0.788. The molecule has 0 spiro atoms. The first-order valence-corrected chi connectivity index (χ1v) is 5.44. The second-order valence-corrected chi connectivity index (χ2v) is 3.66. The maximum Gasteiger partial charge on any atom is 0.337 e. The SMILES string of the molecule is CCCc1nccn1-c1cnccc1C(=O)O. The molecule has 0 aliphatic carbocycles. The molecule has 0 aromatic carbocycles. The van der Waals surface area contributed by atoms with Gasteiger partial charge < -0.3 is 9.67 Å². The Labute approximate surface area is 98.8 Å². The van der Waals surface area contributed by atoms with E-state index in [1.807, 2.05) is 0 Å². The van der Waals surface area contributed by atoms with E-state index in [1.54, 1.807) is 23.2 Å². The highest BCUT2D eigenvalue weighted by Gasteiger charge is 2.13. The van der Waals surface area contributed by atoms with Crippen LogP contribution in [0.3, 0.4) is 0 Å². The summed E-state index contributed by atoms with van der Waals surface area (Å²) in [5, 5.41) is 9.12. The summed E-state index contributed by atoms with van der Waals surface area (Å²) in [6, 6.07) is 1.49. The van der Waals surface area contributed by atoms with Gasteiger partial charge in [-0.05, 0) is 12.5 Å². The number of aryl methyl sites for hydroxylation is 1. The van der Waals surface area contributed by atoms with Crippen molar-refractivity contribution in [3.63, 3.8) is 0 Å². The van der Waals surface area contributed by atoms with E-state index in [4.69, 9.17) is 5.11 Å². The van der Waals surface area contributed by atoms with Crippen LogP contribution in [0.25, 0.3) is 5.69 Å². The van der Waals surface area contributed by atoms with Gasteiger partial charge in [0.25, 0.3) is 0 Å². The Morgan fingerprint density at radius 3 is 3.00 bits per heavy atom. The summed E-state index contributed by atoms with van der Waals surface area (Å²) in [4.78, 5) is 19.3. The molecule has 17 heavy (non-hydrogen) atoms. The van der Waals surface area contributed by atoms with Crippen molar-refractivity contribution < 1.29 is 9.90 Å². The summed E-state index contributed by atoms with van der Waals surface area (Å²) in [7, 11) is 0. The molecule has 88 valence electrons. The number of pyridine rings is 1. The Kier molecular flexibility index (Phi) is 3.18. The van der Waals surface area contributed by atoms with Gasteiger partial charge in [-0.1, -0.05) is 6.92 Å². The smallest absolute Gasteiger partial charge is 0.337 e. The minimum Gasteiger partial charge on any atom is -0.478 e. The van der Waals surface area contributed by atoms with Crippen molar-refractivity contribution in [2.75, 3.05) is 0 Å². The molecule has 2 rings (SSSR count). The fourth-order valence-corrected chi connectivity index (χ4v) is 1.72. The van der Waals surface area contributed by atoms with Crippen molar-refractivity contribution in [3.8, 4) is 5.69 Å². The maximum absolute atomic E-state index is 11.1. The molecule has 1 N–H and O–H groups in total. The third-order valence-electron chi connectivity index (χ3n) is 2.48. The van der Waals surface area contributed by atoms with Crippen LogP contribution in [0.15, 0.2) is 30.9 Å². The lowest BCUT2D eigenvalue weighted by Crippen LogP contribution is -2.08. The molecular weight excluding hydrogens is 218 g/mol. The normalized spacial score (nSPS) is 10.4. The molecule has 5 nitrogen and oxygen atoms in total. The molecule has 0 aliphatic rings. The summed E-state index contributed by atoms with van der Waals surface area (Å²) < 4.78 is 1.78. The van der Waals surface area contributed by atoms with Crippen LogP contribution in [-0.2, 0) is 6.42 Å². The molecular formula is C12H13N3O2. The highest BCUT2D eigenvalue weighted by molar-refractivity contribution is 5.91. The van der Waals surface area contributed by atoms with E-state index in [1.165, 1.54) is 12.3 Å². The molecule has 2 heterocycles. The van der Waals surface area contributed by atoms with E-state index < -0.39 is 5.97 Å². The Hall–Kier alpha value is -2.17. The predicted molar refractivity (Wildman–Crippen MR) is 62.3 cm³/mol. The number of hydrogen-bond acceptors (Lipinski definition) is 3. The van der Waals surface area contributed by atoms with Crippen LogP contribution in [0.4, 0.5) is 0 Å². The first-order valence-electron chi connectivity index (χ1n) is 5.44. The van der Waals surface area contributed by atoms with Crippen LogP contribution >= 0.6 is 0 Å². The van der Waals surface area contributed by atoms with E-state index in [0.29, 0.717) is 5.69 Å². The Balaban J connectivity index is 2.52. The van der Waals surface area contributed by atoms with Gasteiger partial charge in [-0.25, -0.2) is 9.78 Å². The quantitative estimate of drug-likeness (QED) is 0.872. The number of carboxylic acids is 1. The number of rotatable bonds is 4. The number of hydrogen-bond donors (Lipinski definition) is 1. The van der Waals surface area contributed by atoms with Crippen molar-refractivity contribution in [1.29, 1.82) is 0 Å². The Morgan fingerprint density at radius 2 is 2.29 bits per heavy atom. The average molecular weight is 231 g/mol. The Morgan fingerprint density at radius 1 is 1.47 bits per heavy atom. The topological polar surface area (TPSA) is 68.0 Å². The van der Waals surface area contributed by atoms with E-state index >= 15 is 0 Å². The van der Waals surface area contributed by atoms with Gasteiger partial charge in [-0.15, -0.1) is 0 Å². The van der Waals surface area contributed by atoms with Gasteiger partial charge in [0.05, 0.1) is 17.4 Å². The number of aromatic nitrogens is 3. The highest BCUT2D eigenvalue weighted by Crippen LogP contribution is 2.16. The van der Waals surface area contributed by atoms with Gasteiger partial charge >= 0.3 is 5.97 Å². The molecule has 5 heteroatoms. The number of carboxylic acid groups (broad SMARTS) is 1. The fraction of sp³-hybridized carbons (Fsp3) is 0.250. The minimum absolute atomic E-state index is 0.232. The minimum atomic E-state index is -0.960. The summed E-state index contributed by atoms with van der Waals surface area (Å²) >= 11 is 0. The standard InChI is InChI=1S/C12H13N3O2/c1-2-3-11-14-6-7-15(11)10-8-13-5-4-9(10)12(16)17/h4-8H,2-3H2,1H3,(H,16,17). The number of carbonyl (C=O) groups is 1. The second-order valence-electron chi connectivity index (χ2n) is 3.66. The van der Waals surface area contributed by atoms with Gasteiger partial charge in [-0.2, -0.15) is 0 Å². The van der Waals surface area contributed by atoms with E-state index in [2.05, 4.69) is 16.9 Å². The van der Waals surface area contributed by atoms with E-state index in [0.717, 1.165) is 18.7 Å². The first-order chi connectivity index (χ1) is 8.24.